The molecule has 0 saturated carbocycles. The molecule has 0 bridgehead atoms. The Kier molecular flexibility index (Phi) is 5.62. The van der Waals surface area contributed by atoms with Crippen LogP contribution in [0.5, 0.6) is 0 Å². The normalized spacial score (nSPS) is 12.0. The van der Waals surface area contributed by atoms with Crippen LogP contribution >= 0.6 is 23.2 Å². The number of nitrogens with two attached hydrogens (primary N) is 1. The number of rotatable bonds is 5. The Morgan fingerprint density at radius 3 is 2.52 bits per heavy atom. The van der Waals surface area contributed by atoms with Gasteiger partial charge in [0, 0.05) is 11.3 Å². The molecule has 0 aliphatic heterocycles. The van der Waals surface area contributed by atoms with Gasteiger partial charge in [-0.25, -0.2) is 0 Å². The lowest BCUT2D eigenvalue weighted by Gasteiger charge is -2.11. The lowest BCUT2D eigenvalue weighted by molar-refractivity contribution is -0.682. The number of carbonyl (C=O) groups is 1. The van der Waals surface area contributed by atoms with Crippen LogP contribution in [0.15, 0.2) is 48.5 Å². The Morgan fingerprint density at radius 1 is 1.14 bits per heavy atom. The maximum Gasteiger partial charge on any atom is 0.279 e. The third-order valence-corrected chi connectivity index (χ3v) is 3.92. The van der Waals surface area contributed by atoms with Crippen LogP contribution in [0.3, 0.4) is 0 Å². The molecule has 3 nitrogen and oxygen atoms in total. The molecule has 0 unspecified atom stereocenters. The molecule has 0 aliphatic carbocycles. The summed E-state index contributed by atoms with van der Waals surface area (Å²) in [7, 11) is 0. The summed E-state index contributed by atoms with van der Waals surface area (Å²) in [6.45, 7) is 2.41. The molecule has 0 radical (unpaired) electrons. The van der Waals surface area contributed by atoms with Gasteiger partial charge in [-0.15, -0.1) is 0 Å². The van der Waals surface area contributed by atoms with Gasteiger partial charge in [-0.2, -0.15) is 0 Å². The fraction of sp³-hybridized carbons (Fsp3) is 0.188. The van der Waals surface area contributed by atoms with E-state index in [0.29, 0.717) is 22.3 Å². The quantitative estimate of drug-likeness (QED) is 0.871. The number of carbonyl (C=O) groups excluding carboxylic acids is 1. The summed E-state index contributed by atoms with van der Waals surface area (Å²) in [5, 5.41) is 5.69. The van der Waals surface area contributed by atoms with Crippen LogP contribution in [-0.4, -0.2) is 12.5 Å². The van der Waals surface area contributed by atoms with Crippen molar-refractivity contribution in [2.45, 2.75) is 13.0 Å². The predicted octanol–water partition coefficient (Wildman–Crippen LogP) is 3.26. The molecule has 0 aromatic heterocycles. The van der Waals surface area contributed by atoms with Crippen LogP contribution in [0.25, 0.3) is 0 Å². The van der Waals surface area contributed by atoms with E-state index < -0.39 is 0 Å². The zero-order chi connectivity index (χ0) is 15.2. The molecular formula is C16H17Cl2N2O+. The van der Waals surface area contributed by atoms with E-state index >= 15 is 0 Å². The van der Waals surface area contributed by atoms with Crippen molar-refractivity contribution in [3.05, 3.63) is 64.1 Å². The first-order chi connectivity index (χ1) is 10.1. The molecule has 1 amide bonds. The first kappa shape index (κ1) is 15.8. The lowest BCUT2D eigenvalue weighted by atomic mass is 10.1. The number of benzene rings is 2. The molecule has 2 rings (SSSR count). The second kappa shape index (κ2) is 7.46. The Bertz CT molecular complexity index is 617. The molecule has 2 aromatic carbocycles. The van der Waals surface area contributed by atoms with E-state index in [1.54, 1.807) is 18.2 Å². The number of halogens is 2. The van der Waals surface area contributed by atoms with E-state index in [4.69, 9.17) is 23.2 Å². The number of quaternary nitrogens is 1. The summed E-state index contributed by atoms with van der Waals surface area (Å²) < 4.78 is 0. The molecule has 0 aliphatic rings. The van der Waals surface area contributed by atoms with Crippen molar-refractivity contribution < 1.29 is 10.1 Å². The first-order valence-corrected chi connectivity index (χ1v) is 7.45. The van der Waals surface area contributed by atoms with Gasteiger partial charge in [-0.1, -0.05) is 53.5 Å². The van der Waals surface area contributed by atoms with Gasteiger partial charge in [0.2, 0.25) is 0 Å². The van der Waals surface area contributed by atoms with E-state index in [2.05, 4.69) is 24.4 Å². The molecular weight excluding hydrogens is 307 g/mol. The van der Waals surface area contributed by atoms with Gasteiger partial charge in [0.05, 0.1) is 10.0 Å². The summed E-state index contributed by atoms with van der Waals surface area (Å²) in [6, 6.07) is 15.3. The third kappa shape index (κ3) is 4.74. The zero-order valence-electron chi connectivity index (χ0n) is 11.6. The summed E-state index contributed by atoms with van der Waals surface area (Å²) in [5.41, 5.74) is 1.84. The Balaban J connectivity index is 1.86. The van der Waals surface area contributed by atoms with Crippen LogP contribution in [0, 0.1) is 0 Å². The largest absolute Gasteiger partial charge is 0.333 e. The summed E-state index contributed by atoms with van der Waals surface area (Å²) in [6.07, 6.45) is 0. The van der Waals surface area contributed by atoms with Gasteiger partial charge in [-0.05, 0) is 25.1 Å². The van der Waals surface area contributed by atoms with Gasteiger partial charge >= 0.3 is 0 Å². The van der Waals surface area contributed by atoms with E-state index in [0.717, 1.165) is 0 Å². The van der Waals surface area contributed by atoms with Crippen LogP contribution in [0.1, 0.15) is 18.5 Å². The average Bonchev–Trinajstić information content (AvgIpc) is 2.49. The molecule has 0 saturated heterocycles. The highest BCUT2D eigenvalue weighted by Crippen LogP contribution is 2.24. The van der Waals surface area contributed by atoms with E-state index in [1.807, 2.05) is 23.5 Å². The molecule has 5 heteroatoms. The Morgan fingerprint density at radius 2 is 1.86 bits per heavy atom. The lowest BCUT2D eigenvalue weighted by Crippen LogP contribution is -2.86. The number of anilines is 1. The van der Waals surface area contributed by atoms with Gasteiger partial charge in [-0.3, -0.25) is 4.79 Å². The van der Waals surface area contributed by atoms with Crippen molar-refractivity contribution >= 4 is 34.8 Å². The molecule has 3 N–H and O–H groups in total. The van der Waals surface area contributed by atoms with Gasteiger partial charge in [0.1, 0.15) is 6.04 Å². The van der Waals surface area contributed by atoms with Crippen LogP contribution in [-0.2, 0) is 4.79 Å². The van der Waals surface area contributed by atoms with Crippen LogP contribution in [0.4, 0.5) is 5.69 Å². The SMILES string of the molecule is C[C@@H]([NH2+]CC(=O)Nc1ccc(Cl)c(Cl)c1)c1ccccc1. The van der Waals surface area contributed by atoms with E-state index in [9.17, 15) is 4.79 Å². The van der Waals surface area contributed by atoms with Gasteiger partial charge in [0.15, 0.2) is 6.54 Å². The summed E-state index contributed by atoms with van der Waals surface area (Å²) >= 11 is 11.8. The second-order valence-corrected chi connectivity index (χ2v) is 5.63. The molecule has 0 fully saturated rings. The zero-order valence-corrected chi connectivity index (χ0v) is 13.2. The monoisotopic (exact) mass is 323 g/mol. The highest BCUT2D eigenvalue weighted by atomic mass is 35.5. The highest BCUT2D eigenvalue weighted by molar-refractivity contribution is 6.42. The van der Waals surface area contributed by atoms with Crippen molar-refractivity contribution in [3.8, 4) is 0 Å². The minimum atomic E-state index is -0.0730. The van der Waals surface area contributed by atoms with E-state index in [1.165, 1.54) is 5.56 Å². The molecule has 110 valence electrons. The third-order valence-electron chi connectivity index (χ3n) is 3.19. The number of nitrogens with one attached hydrogen (secondary N) is 1. The molecule has 0 spiro atoms. The van der Waals surface area contributed by atoms with Crippen molar-refractivity contribution in [2.24, 2.45) is 0 Å². The van der Waals surface area contributed by atoms with E-state index in [-0.39, 0.29) is 11.9 Å². The summed E-state index contributed by atoms with van der Waals surface area (Å²) in [5.74, 6) is -0.0730. The molecule has 1 atom stereocenters. The van der Waals surface area contributed by atoms with Crippen molar-refractivity contribution in [2.75, 3.05) is 11.9 Å². The van der Waals surface area contributed by atoms with Crippen LogP contribution in [0.2, 0.25) is 10.0 Å². The highest BCUT2D eigenvalue weighted by Gasteiger charge is 2.11. The fourth-order valence-electron chi connectivity index (χ4n) is 1.96. The van der Waals surface area contributed by atoms with Crippen molar-refractivity contribution in [1.82, 2.24) is 0 Å². The standard InChI is InChI=1S/C16H16Cl2N2O/c1-11(12-5-3-2-4-6-12)19-10-16(21)20-13-7-8-14(17)15(18)9-13/h2-9,11,19H,10H2,1H3,(H,20,21)/p+1/t11-/m1/s1. The first-order valence-electron chi connectivity index (χ1n) is 6.69. The Hall–Kier alpha value is -1.55. The summed E-state index contributed by atoms with van der Waals surface area (Å²) in [4.78, 5) is 11.9. The number of hydrogen-bond donors (Lipinski definition) is 2. The second-order valence-electron chi connectivity index (χ2n) is 4.82. The van der Waals surface area contributed by atoms with Gasteiger partial charge < -0.3 is 10.6 Å². The maximum atomic E-state index is 11.9. The minimum Gasteiger partial charge on any atom is -0.333 e. The number of hydrogen-bond acceptors (Lipinski definition) is 1. The minimum absolute atomic E-state index is 0.0730. The Labute approximate surface area is 134 Å². The molecule has 0 heterocycles. The van der Waals surface area contributed by atoms with Crippen molar-refractivity contribution in [3.63, 3.8) is 0 Å². The number of amides is 1. The van der Waals surface area contributed by atoms with Crippen LogP contribution < -0.4 is 10.6 Å². The topological polar surface area (TPSA) is 45.7 Å². The predicted molar refractivity (Wildman–Crippen MR) is 86.7 cm³/mol. The van der Waals surface area contributed by atoms with Gasteiger partial charge in [0.25, 0.3) is 5.91 Å². The smallest absolute Gasteiger partial charge is 0.279 e. The fourth-order valence-corrected chi connectivity index (χ4v) is 2.26. The molecule has 21 heavy (non-hydrogen) atoms. The average molecular weight is 324 g/mol. The molecule has 2 aromatic rings. The van der Waals surface area contributed by atoms with Crippen molar-refractivity contribution in [1.29, 1.82) is 0 Å². The maximum absolute atomic E-state index is 11.9.